The highest BCUT2D eigenvalue weighted by atomic mass is 32.3. The topological polar surface area (TPSA) is 84.4 Å². The molecule has 0 aliphatic heterocycles. The molecule has 0 saturated heterocycles. The van der Waals surface area contributed by atoms with Gasteiger partial charge in [-0.3, -0.25) is 0 Å². The Hall–Kier alpha value is -0.810. The van der Waals surface area contributed by atoms with Crippen LogP contribution in [0.4, 0.5) is 3.89 Å². The second-order valence-corrected chi connectivity index (χ2v) is 1.58. The molecule has 0 heterocycles. The first-order chi connectivity index (χ1) is 3.06. The van der Waals surface area contributed by atoms with Crippen molar-refractivity contribution in [1.29, 1.82) is 5.53 Å². The fourth-order valence-corrected chi connectivity index (χ4v) is 0.146. The molecule has 7 heteroatoms. The number of nitrogens with zero attached hydrogens (tertiary/aromatic N) is 2. The summed E-state index contributed by atoms with van der Waals surface area (Å²) in [5.74, 6) is 0. The zero-order chi connectivity index (χ0) is 5.91. The van der Waals surface area contributed by atoms with E-state index in [0.717, 1.165) is 0 Å². The zero-order valence-corrected chi connectivity index (χ0v) is 3.81. The van der Waals surface area contributed by atoms with Crippen LogP contribution in [0.2, 0.25) is 0 Å². The first-order valence-corrected chi connectivity index (χ1v) is 2.43. The maximum Gasteiger partial charge on any atom is 0.490 e. The standard InChI is InChI=1S/FHN3O2S/c1-7(5,6)4-3-2/h2H/q+1. The second-order valence-electron chi connectivity index (χ2n) is 0.594. The number of hydrogen-bond donors (Lipinski definition) is 1. The molecule has 0 aromatic heterocycles. The second kappa shape index (κ2) is 1.76. The van der Waals surface area contributed by atoms with Crippen LogP contribution in [0.25, 0.3) is 0 Å². The molecule has 0 saturated carbocycles. The molecule has 0 fully saturated rings. The number of halogens is 1. The quantitative estimate of drug-likeness (QED) is 0.298. The summed E-state index contributed by atoms with van der Waals surface area (Å²) >= 11 is 0. The van der Waals surface area contributed by atoms with Crippen LogP contribution in [0, 0.1) is 5.53 Å². The molecule has 1 N–H and O–H groups in total. The van der Waals surface area contributed by atoms with Crippen LogP contribution in [0.1, 0.15) is 0 Å². The number of nitrogens with one attached hydrogen (secondary N) is 1. The highest BCUT2D eigenvalue weighted by molar-refractivity contribution is 7.84. The Labute approximate surface area is 38.7 Å². The minimum atomic E-state index is -4.90. The summed E-state index contributed by atoms with van der Waals surface area (Å²) in [5, 5.41) is 0. The van der Waals surface area contributed by atoms with Gasteiger partial charge in [-0.25, -0.2) is 0 Å². The van der Waals surface area contributed by atoms with Crippen molar-refractivity contribution in [1.82, 2.24) is 4.91 Å². The van der Waals surface area contributed by atoms with Gasteiger partial charge in [-0.05, 0) is 0 Å². The van der Waals surface area contributed by atoms with E-state index in [9.17, 15) is 12.3 Å². The van der Waals surface area contributed by atoms with Gasteiger partial charge in [0.05, 0.1) is 0 Å². The van der Waals surface area contributed by atoms with Gasteiger partial charge in [-0.15, -0.1) is 0 Å². The van der Waals surface area contributed by atoms with E-state index in [1.807, 2.05) is 9.43 Å². The predicted molar refractivity (Wildman–Crippen MR) is 17.3 cm³/mol. The highest BCUT2D eigenvalue weighted by Crippen LogP contribution is 1.86. The van der Waals surface area contributed by atoms with Gasteiger partial charge in [0.25, 0.3) is 4.52 Å². The summed E-state index contributed by atoms with van der Waals surface area (Å²) in [7, 11) is -4.90. The van der Waals surface area contributed by atoms with E-state index >= 15 is 0 Å². The van der Waals surface area contributed by atoms with E-state index < -0.39 is 10.4 Å². The third-order valence-corrected chi connectivity index (χ3v) is 0.415. The summed E-state index contributed by atoms with van der Waals surface area (Å²) < 4.78 is 31.2. The van der Waals surface area contributed by atoms with E-state index in [2.05, 4.69) is 0 Å². The predicted octanol–water partition coefficient (Wildman–Crippen LogP) is -0.249. The molecule has 0 aromatic carbocycles. The van der Waals surface area contributed by atoms with E-state index in [1.54, 1.807) is 0 Å². The van der Waals surface area contributed by atoms with Crippen LogP contribution in [0.5, 0.6) is 0 Å². The summed E-state index contributed by atoms with van der Waals surface area (Å²) in [4.78, 5) is 1.92. The van der Waals surface area contributed by atoms with Crippen LogP contribution in [-0.2, 0) is 10.4 Å². The summed E-state index contributed by atoms with van der Waals surface area (Å²) in [5.41, 5.74) is 5.70. The largest absolute Gasteiger partial charge is 0.490 e. The first-order valence-electron chi connectivity index (χ1n) is 1.09. The Kier molecular flexibility index (Phi) is 1.56. The maximum atomic E-state index is 11.0. The van der Waals surface area contributed by atoms with Gasteiger partial charge in [-0.2, -0.15) is 8.42 Å². The van der Waals surface area contributed by atoms with E-state index in [-0.39, 0.29) is 0 Å². The van der Waals surface area contributed by atoms with Gasteiger partial charge < -0.3 is 0 Å². The fraction of sp³-hybridized carbons (Fsp3) is 0. The molecule has 0 aliphatic rings. The maximum absolute atomic E-state index is 11.0. The van der Waals surface area contributed by atoms with Gasteiger partial charge in [0.15, 0.2) is 0 Å². The smallest absolute Gasteiger partial charge is 0.164 e. The number of hydrogen-bond acceptors (Lipinski definition) is 3. The molecular formula is HFN3O2S+. The molecule has 0 radical (unpaired) electrons. The van der Waals surface area contributed by atoms with Crippen molar-refractivity contribution in [3.63, 3.8) is 0 Å². The van der Waals surface area contributed by atoms with Gasteiger partial charge in [0.2, 0.25) is 4.91 Å². The Morgan fingerprint density at radius 1 is 1.71 bits per heavy atom. The minimum absolute atomic E-state index is 1.85. The lowest BCUT2D eigenvalue weighted by molar-refractivity contribution is 0.549. The lowest BCUT2D eigenvalue weighted by Gasteiger charge is -1.56. The summed E-state index contributed by atoms with van der Waals surface area (Å²) in [6, 6.07) is 0. The zero-order valence-electron chi connectivity index (χ0n) is 3.00. The SMILES string of the molecule is N=[N+]=NS(=O)(=O)F. The molecule has 0 aromatic rings. The summed E-state index contributed by atoms with van der Waals surface area (Å²) in [6.07, 6.45) is 0. The molecule has 7 heavy (non-hydrogen) atoms. The van der Waals surface area contributed by atoms with Gasteiger partial charge >= 0.3 is 10.4 Å². The number of rotatable bonds is 1. The van der Waals surface area contributed by atoms with E-state index in [0.29, 0.717) is 0 Å². The van der Waals surface area contributed by atoms with Crippen molar-refractivity contribution < 1.29 is 12.3 Å². The van der Waals surface area contributed by atoms with Crippen LogP contribution >= 0.6 is 0 Å². The van der Waals surface area contributed by atoms with Crippen LogP contribution in [0.15, 0.2) is 4.52 Å². The van der Waals surface area contributed by atoms with E-state index in [1.165, 1.54) is 0 Å². The average molecular weight is 126 g/mol. The van der Waals surface area contributed by atoms with Crippen LogP contribution in [0.3, 0.4) is 0 Å². The van der Waals surface area contributed by atoms with Crippen molar-refractivity contribution in [2.45, 2.75) is 0 Å². The molecule has 0 aliphatic carbocycles. The third-order valence-electron chi connectivity index (χ3n) is 0.138. The first kappa shape index (κ1) is 6.19. The fourth-order valence-electron chi connectivity index (χ4n) is 0.0488. The Morgan fingerprint density at radius 3 is 2.14 bits per heavy atom. The van der Waals surface area contributed by atoms with Crippen LogP contribution < -0.4 is 4.91 Å². The average Bonchev–Trinajstić information content (AvgIpc) is 1.30. The van der Waals surface area contributed by atoms with Crippen molar-refractivity contribution in [3.8, 4) is 0 Å². The van der Waals surface area contributed by atoms with Gasteiger partial charge in [0.1, 0.15) is 5.53 Å². The van der Waals surface area contributed by atoms with E-state index in [4.69, 9.17) is 5.53 Å². The van der Waals surface area contributed by atoms with Gasteiger partial charge in [-0.1, -0.05) is 3.89 Å². The summed E-state index contributed by atoms with van der Waals surface area (Å²) in [6.45, 7) is 0. The minimum Gasteiger partial charge on any atom is -0.164 e. The van der Waals surface area contributed by atoms with Gasteiger partial charge in [0, 0.05) is 0 Å². The van der Waals surface area contributed by atoms with Crippen LogP contribution in [-0.4, -0.2) is 8.42 Å². The lowest BCUT2D eigenvalue weighted by Crippen LogP contribution is -1.80. The molecule has 40 valence electrons. The molecule has 0 unspecified atom stereocenters. The molecule has 0 bridgehead atoms. The Balaban J connectivity index is 4.44. The molecule has 5 nitrogen and oxygen atoms in total. The monoisotopic (exact) mass is 126 g/mol. The molecule has 0 spiro atoms. The highest BCUT2D eigenvalue weighted by Gasteiger charge is 2.08. The van der Waals surface area contributed by atoms with Crippen molar-refractivity contribution >= 4 is 10.4 Å². The molecule has 0 rings (SSSR count). The van der Waals surface area contributed by atoms with Crippen molar-refractivity contribution in [3.05, 3.63) is 0 Å². The van der Waals surface area contributed by atoms with Crippen molar-refractivity contribution in [2.75, 3.05) is 0 Å². The third kappa shape index (κ3) is 5.19. The normalized spacial score (nSPS) is 9.86. The molecular weight excluding hydrogens is 125 g/mol. The Morgan fingerprint density at radius 2 is 2.14 bits per heavy atom. The molecule has 0 atom stereocenters. The Bertz CT molecular complexity index is 185. The van der Waals surface area contributed by atoms with Crippen molar-refractivity contribution in [2.24, 2.45) is 4.52 Å². The lowest BCUT2D eigenvalue weighted by atomic mass is 13.0. The molecule has 0 amide bonds.